The molecular weight excluding hydrogens is 455 g/mol. The van der Waals surface area contributed by atoms with Gasteiger partial charge < -0.3 is 15.4 Å². The number of benzene rings is 3. The first-order valence-electron chi connectivity index (χ1n) is 9.40. The van der Waals surface area contributed by atoms with Crippen LogP contribution in [0.15, 0.2) is 77.7 Å². The first-order valence-corrected chi connectivity index (χ1v) is 11.0. The molecule has 0 radical (unpaired) electrons. The van der Waals surface area contributed by atoms with Crippen molar-refractivity contribution in [3.05, 3.63) is 82.8 Å². The zero-order chi connectivity index (χ0) is 22.2. The van der Waals surface area contributed by atoms with E-state index in [1.807, 2.05) is 37.3 Å². The molecule has 1 unspecified atom stereocenters. The number of hydrogen-bond donors (Lipinski definition) is 2. The summed E-state index contributed by atoms with van der Waals surface area (Å²) in [6.07, 6.45) is 0. The topological polar surface area (TPSA) is 67.4 Å². The summed E-state index contributed by atoms with van der Waals surface area (Å²) in [5.41, 5.74) is 1.20. The first-order chi connectivity index (χ1) is 14.9. The van der Waals surface area contributed by atoms with E-state index in [9.17, 15) is 9.59 Å². The third-order valence-electron chi connectivity index (χ3n) is 4.06. The highest BCUT2D eigenvalue weighted by Crippen LogP contribution is 2.27. The molecule has 5 nitrogen and oxygen atoms in total. The quantitative estimate of drug-likeness (QED) is 0.385. The molecule has 2 N–H and O–H groups in total. The van der Waals surface area contributed by atoms with Gasteiger partial charge in [0.05, 0.1) is 5.25 Å². The van der Waals surface area contributed by atoms with Crippen molar-refractivity contribution in [2.24, 2.45) is 0 Å². The van der Waals surface area contributed by atoms with Gasteiger partial charge in [0.25, 0.3) is 5.91 Å². The Morgan fingerprint density at radius 1 is 0.903 bits per heavy atom. The van der Waals surface area contributed by atoms with Crippen LogP contribution < -0.4 is 15.4 Å². The SMILES string of the molecule is CC(Sc1ccc(NC(=O)COc2ccccc2)cc1)C(=O)Nc1cc(Cl)cc(Cl)c1. The third-order valence-corrected chi connectivity index (χ3v) is 5.61. The monoisotopic (exact) mass is 474 g/mol. The molecular formula is C23H20Cl2N2O3S. The molecule has 0 aliphatic carbocycles. The summed E-state index contributed by atoms with van der Waals surface area (Å²) in [5.74, 6) is 0.215. The number of carbonyl (C=O) groups excluding carboxylic acids is 2. The number of para-hydroxylation sites is 1. The van der Waals surface area contributed by atoms with Gasteiger partial charge in [-0.15, -0.1) is 11.8 Å². The minimum Gasteiger partial charge on any atom is -0.484 e. The summed E-state index contributed by atoms with van der Waals surface area (Å²) >= 11 is 13.3. The van der Waals surface area contributed by atoms with Crippen LogP contribution in [0.25, 0.3) is 0 Å². The number of nitrogens with one attached hydrogen (secondary N) is 2. The fourth-order valence-electron chi connectivity index (χ4n) is 2.61. The van der Waals surface area contributed by atoms with E-state index in [-0.39, 0.29) is 23.7 Å². The van der Waals surface area contributed by atoms with E-state index >= 15 is 0 Å². The van der Waals surface area contributed by atoms with Gasteiger partial charge in [-0.3, -0.25) is 9.59 Å². The summed E-state index contributed by atoms with van der Waals surface area (Å²) in [4.78, 5) is 25.4. The van der Waals surface area contributed by atoms with Crippen LogP contribution in [-0.2, 0) is 9.59 Å². The van der Waals surface area contributed by atoms with Gasteiger partial charge in [0, 0.05) is 26.3 Å². The average molecular weight is 475 g/mol. The predicted octanol–water partition coefficient (Wildman–Crippen LogP) is 6.13. The minimum atomic E-state index is -0.350. The number of amides is 2. The Morgan fingerprint density at radius 3 is 2.19 bits per heavy atom. The van der Waals surface area contributed by atoms with E-state index in [4.69, 9.17) is 27.9 Å². The molecule has 0 bridgehead atoms. The molecule has 3 rings (SSSR count). The van der Waals surface area contributed by atoms with Gasteiger partial charge in [0.2, 0.25) is 5.91 Å². The predicted molar refractivity (Wildman–Crippen MR) is 127 cm³/mol. The molecule has 3 aromatic rings. The first kappa shape index (κ1) is 23.0. The van der Waals surface area contributed by atoms with Crippen LogP contribution in [0.2, 0.25) is 10.0 Å². The molecule has 0 aromatic heterocycles. The molecule has 0 saturated carbocycles. The van der Waals surface area contributed by atoms with E-state index in [2.05, 4.69) is 10.6 Å². The summed E-state index contributed by atoms with van der Waals surface area (Å²) in [6.45, 7) is 1.73. The van der Waals surface area contributed by atoms with Crippen LogP contribution >= 0.6 is 35.0 Å². The maximum atomic E-state index is 12.5. The van der Waals surface area contributed by atoms with Crippen LogP contribution in [-0.4, -0.2) is 23.7 Å². The van der Waals surface area contributed by atoms with Crippen molar-refractivity contribution < 1.29 is 14.3 Å². The van der Waals surface area contributed by atoms with E-state index in [1.54, 1.807) is 42.5 Å². The van der Waals surface area contributed by atoms with Crippen molar-refractivity contribution in [1.82, 2.24) is 0 Å². The number of thioether (sulfide) groups is 1. The lowest BCUT2D eigenvalue weighted by atomic mass is 10.3. The second-order valence-electron chi connectivity index (χ2n) is 6.58. The van der Waals surface area contributed by atoms with Gasteiger partial charge in [-0.05, 0) is 61.5 Å². The second kappa shape index (κ2) is 11.1. The zero-order valence-electron chi connectivity index (χ0n) is 16.6. The van der Waals surface area contributed by atoms with Crippen LogP contribution in [0, 0.1) is 0 Å². The summed E-state index contributed by atoms with van der Waals surface area (Å²) < 4.78 is 5.43. The number of carbonyl (C=O) groups is 2. The molecule has 0 fully saturated rings. The molecule has 0 heterocycles. The Kier molecular flexibility index (Phi) is 8.23. The average Bonchev–Trinajstić information content (AvgIpc) is 2.73. The van der Waals surface area contributed by atoms with Gasteiger partial charge in [0.1, 0.15) is 5.75 Å². The molecule has 2 amide bonds. The Bertz CT molecular complexity index is 1030. The standard InChI is InChI=1S/C23H20Cl2N2O3S/c1-15(23(29)27-19-12-16(24)11-17(25)13-19)31-21-9-7-18(8-10-21)26-22(28)14-30-20-5-3-2-4-6-20/h2-13,15H,14H2,1H3,(H,26,28)(H,27,29). The molecule has 160 valence electrons. The van der Waals surface area contributed by atoms with Gasteiger partial charge in [-0.25, -0.2) is 0 Å². The normalized spacial score (nSPS) is 11.5. The smallest absolute Gasteiger partial charge is 0.262 e. The highest BCUT2D eigenvalue weighted by molar-refractivity contribution is 8.00. The van der Waals surface area contributed by atoms with Crippen molar-refractivity contribution in [2.45, 2.75) is 17.1 Å². The fraction of sp³-hybridized carbons (Fsp3) is 0.130. The summed E-state index contributed by atoms with van der Waals surface area (Å²) in [5, 5.41) is 6.15. The van der Waals surface area contributed by atoms with E-state index in [0.717, 1.165) is 4.90 Å². The highest BCUT2D eigenvalue weighted by atomic mass is 35.5. The molecule has 31 heavy (non-hydrogen) atoms. The van der Waals surface area contributed by atoms with Crippen molar-refractivity contribution in [3.63, 3.8) is 0 Å². The van der Waals surface area contributed by atoms with Gasteiger partial charge in [-0.2, -0.15) is 0 Å². The van der Waals surface area contributed by atoms with Crippen LogP contribution in [0.3, 0.4) is 0 Å². The fourth-order valence-corrected chi connectivity index (χ4v) is 4.00. The Labute approximate surface area is 195 Å². The lowest BCUT2D eigenvalue weighted by molar-refractivity contribution is -0.118. The third kappa shape index (κ3) is 7.51. The summed E-state index contributed by atoms with van der Waals surface area (Å²) in [7, 11) is 0. The number of ether oxygens (including phenoxy) is 1. The summed E-state index contributed by atoms with van der Waals surface area (Å²) in [6, 6.07) is 21.3. The Balaban J connectivity index is 1.48. The van der Waals surface area contributed by atoms with Crippen LogP contribution in [0.5, 0.6) is 5.75 Å². The second-order valence-corrected chi connectivity index (χ2v) is 8.87. The molecule has 1 atom stereocenters. The van der Waals surface area contributed by atoms with Crippen LogP contribution in [0.4, 0.5) is 11.4 Å². The van der Waals surface area contributed by atoms with Gasteiger partial charge in [-0.1, -0.05) is 41.4 Å². The Morgan fingerprint density at radius 2 is 1.55 bits per heavy atom. The van der Waals surface area contributed by atoms with E-state index in [1.165, 1.54) is 11.8 Å². The lowest BCUT2D eigenvalue weighted by Gasteiger charge is -2.13. The van der Waals surface area contributed by atoms with Crippen molar-refractivity contribution in [3.8, 4) is 5.75 Å². The van der Waals surface area contributed by atoms with Gasteiger partial charge in [0.15, 0.2) is 6.61 Å². The van der Waals surface area contributed by atoms with Gasteiger partial charge >= 0.3 is 0 Å². The molecule has 0 spiro atoms. The van der Waals surface area contributed by atoms with E-state index in [0.29, 0.717) is 27.2 Å². The zero-order valence-corrected chi connectivity index (χ0v) is 18.9. The largest absolute Gasteiger partial charge is 0.484 e. The number of anilines is 2. The molecule has 0 aliphatic heterocycles. The van der Waals surface area contributed by atoms with Crippen molar-refractivity contribution in [1.29, 1.82) is 0 Å². The van der Waals surface area contributed by atoms with Crippen molar-refractivity contribution in [2.75, 3.05) is 17.2 Å². The van der Waals surface area contributed by atoms with Crippen LogP contribution in [0.1, 0.15) is 6.92 Å². The highest BCUT2D eigenvalue weighted by Gasteiger charge is 2.15. The maximum absolute atomic E-state index is 12.5. The number of hydrogen-bond acceptors (Lipinski definition) is 4. The molecule has 0 saturated heterocycles. The van der Waals surface area contributed by atoms with Crippen molar-refractivity contribution >= 4 is 58.2 Å². The maximum Gasteiger partial charge on any atom is 0.262 e. The molecule has 8 heteroatoms. The van der Waals surface area contributed by atoms with E-state index < -0.39 is 0 Å². The number of rotatable bonds is 8. The minimum absolute atomic E-state index is 0.0781. The molecule has 3 aromatic carbocycles. The number of halogens is 2. The molecule has 0 aliphatic rings. The lowest BCUT2D eigenvalue weighted by Crippen LogP contribution is -2.22. The Hall–Kier alpha value is -2.67.